The Labute approximate surface area is 223 Å². The number of hydrogen-bond donors (Lipinski definition) is 1. The zero-order valence-corrected chi connectivity index (χ0v) is 21.8. The molecule has 1 saturated heterocycles. The van der Waals surface area contributed by atoms with Gasteiger partial charge in [0.2, 0.25) is 5.91 Å². The number of hydrogen-bond acceptors (Lipinski definition) is 6. The third kappa shape index (κ3) is 5.28. The van der Waals surface area contributed by atoms with Gasteiger partial charge in [0.05, 0.1) is 17.4 Å². The molecular weight excluding hydrogens is 506 g/mol. The summed E-state index contributed by atoms with van der Waals surface area (Å²) in [4.78, 5) is 39.7. The lowest BCUT2D eigenvalue weighted by Gasteiger charge is -2.50. The van der Waals surface area contributed by atoms with Gasteiger partial charge >= 0.3 is 0 Å². The lowest BCUT2D eigenvalue weighted by Crippen LogP contribution is -2.71. The highest BCUT2D eigenvalue weighted by molar-refractivity contribution is 8.00. The van der Waals surface area contributed by atoms with Crippen molar-refractivity contribution < 1.29 is 24.1 Å². The van der Waals surface area contributed by atoms with E-state index in [-0.39, 0.29) is 17.4 Å². The van der Waals surface area contributed by atoms with E-state index in [0.717, 1.165) is 21.4 Å². The Kier molecular flexibility index (Phi) is 7.34. The summed E-state index contributed by atoms with van der Waals surface area (Å²) in [5.41, 5.74) is 1.49. The average Bonchev–Trinajstić information content (AvgIpc) is 2.91. The molecule has 0 saturated carbocycles. The van der Waals surface area contributed by atoms with Gasteiger partial charge in [-0.3, -0.25) is 14.5 Å². The zero-order chi connectivity index (χ0) is 25.9. The highest BCUT2D eigenvalue weighted by Crippen LogP contribution is 2.40. The first-order valence-electron chi connectivity index (χ1n) is 11.8. The molecule has 1 fully saturated rings. The number of carbonyl (C=O) groups is 3. The largest absolute Gasteiger partial charge is 0.543 e. The molecule has 9 heteroatoms. The number of aliphatic carboxylic acids is 1. The SMILES string of the molecule is Cc1cccc[n+]1C/C=C/C1=C(C(=O)[O-])N2C(=O)[C@@H](NC(=O)CSc3ccc4ccccc4c3)[C@H]2SC1. The molecule has 2 aliphatic heterocycles. The fraction of sp³-hybridized carbons (Fsp3) is 0.214. The molecule has 0 bridgehead atoms. The third-order valence-electron chi connectivity index (χ3n) is 6.39. The fourth-order valence-electron chi connectivity index (χ4n) is 4.46. The number of fused-ring (bicyclic) bond motifs is 2. The Morgan fingerprint density at radius 2 is 1.95 bits per heavy atom. The number of thioether (sulfide) groups is 2. The van der Waals surface area contributed by atoms with Crippen molar-refractivity contribution in [3.05, 3.63) is 96.0 Å². The van der Waals surface area contributed by atoms with Gasteiger partial charge in [0, 0.05) is 29.7 Å². The van der Waals surface area contributed by atoms with E-state index in [1.807, 2.05) is 84.4 Å². The van der Waals surface area contributed by atoms with Crippen LogP contribution in [0.5, 0.6) is 0 Å². The van der Waals surface area contributed by atoms with E-state index in [2.05, 4.69) is 5.32 Å². The van der Waals surface area contributed by atoms with Crippen LogP contribution in [0, 0.1) is 6.92 Å². The molecule has 37 heavy (non-hydrogen) atoms. The van der Waals surface area contributed by atoms with Crippen LogP contribution in [-0.2, 0) is 20.9 Å². The van der Waals surface area contributed by atoms with Gasteiger partial charge < -0.3 is 15.2 Å². The molecule has 0 aliphatic carbocycles. The number of nitrogens with one attached hydrogen (secondary N) is 1. The number of aryl methyl sites for hydroxylation is 1. The number of rotatable bonds is 8. The van der Waals surface area contributed by atoms with Crippen molar-refractivity contribution in [2.45, 2.75) is 29.8 Å². The maximum absolute atomic E-state index is 12.9. The van der Waals surface area contributed by atoms with Crippen LogP contribution in [0.1, 0.15) is 5.69 Å². The lowest BCUT2D eigenvalue weighted by atomic mass is 10.0. The summed E-state index contributed by atoms with van der Waals surface area (Å²) in [7, 11) is 0. The van der Waals surface area contributed by atoms with Crippen LogP contribution in [-0.4, -0.2) is 45.6 Å². The monoisotopic (exact) mass is 531 g/mol. The molecule has 1 N–H and O–H groups in total. The quantitative estimate of drug-likeness (QED) is 0.272. The minimum atomic E-state index is -1.39. The summed E-state index contributed by atoms with van der Waals surface area (Å²) in [5, 5.41) is 16.5. The van der Waals surface area contributed by atoms with E-state index in [1.54, 1.807) is 6.08 Å². The second-order valence-corrected chi connectivity index (χ2v) is 11.0. The fourth-order valence-corrected chi connectivity index (χ4v) is 6.53. The van der Waals surface area contributed by atoms with Gasteiger partial charge in [-0.15, -0.1) is 23.5 Å². The van der Waals surface area contributed by atoms with Crippen molar-refractivity contribution in [2.24, 2.45) is 0 Å². The molecule has 188 valence electrons. The number of carbonyl (C=O) groups excluding carboxylic acids is 3. The van der Waals surface area contributed by atoms with Crippen LogP contribution in [0.4, 0.5) is 0 Å². The number of β-lactam (4-membered cyclic amide) rings is 1. The molecule has 2 aliphatic rings. The second-order valence-electron chi connectivity index (χ2n) is 8.81. The number of aromatic nitrogens is 1. The number of nitrogens with zero attached hydrogens (tertiary/aromatic N) is 2. The Hall–Kier alpha value is -3.56. The summed E-state index contributed by atoms with van der Waals surface area (Å²) < 4.78 is 2.03. The highest BCUT2D eigenvalue weighted by atomic mass is 32.2. The number of carboxylic acid groups (broad SMARTS) is 1. The smallest absolute Gasteiger partial charge is 0.253 e. The summed E-state index contributed by atoms with van der Waals surface area (Å²) in [6, 6.07) is 19.2. The van der Waals surface area contributed by atoms with Crippen LogP contribution in [0.25, 0.3) is 10.8 Å². The molecule has 5 rings (SSSR count). The van der Waals surface area contributed by atoms with Crippen molar-refractivity contribution in [1.29, 1.82) is 0 Å². The van der Waals surface area contributed by atoms with Crippen LogP contribution in [0.15, 0.2) is 95.2 Å². The normalized spacial score (nSPS) is 19.2. The Morgan fingerprint density at radius 1 is 1.16 bits per heavy atom. The van der Waals surface area contributed by atoms with E-state index in [0.29, 0.717) is 17.9 Å². The molecule has 7 nitrogen and oxygen atoms in total. The maximum atomic E-state index is 12.9. The number of allylic oxidation sites excluding steroid dienone is 2. The molecule has 0 radical (unpaired) electrons. The maximum Gasteiger partial charge on any atom is 0.253 e. The molecule has 3 aromatic rings. The third-order valence-corrected chi connectivity index (χ3v) is 8.68. The van der Waals surface area contributed by atoms with Crippen molar-refractivity contribution in [3.63, 3.8) is 0 Å². The van der Waals surface area contributed by atoms with Gasteiger partial charge in [-0.2, -0.15) is 4.57 Å². The van der Waals surface area contributed by atoms with Crippen LogP contribution in [0.3, 0.4) is 0 Å². The van der Waals surface area contributed by atoms with Crippen LogP contribution >= 0.6 is 23.5 Å². The second kappa shape index (κ2) is 10.8. The molecule has 2 amide bonds. The van der Waals surface area contributed by atoms with E-state index in [1.165, 1.54) is 28.4 Å². The molecular formula is C28H25N3O4S2. The lowest BCUT2D eigenvalue weighted by molar-refractivity contribution is -0.693. The van der Waals surface area contributed by atoms with Crippen LogP contribution < -0.4 is 15.0 Å². The van der Waals surface area contributed by atoms with Gasteiger partial charge in [-0.05, 0) is 34.6 Å². The van der Waals surface area contributed by atoms with Crippen molar-refractivity contribution in [3.8, 4) is 0 Å². The van der Waals surface area contributed by atoms with Gasteiger partial charge in [-0.1, -0.05) is 42.5 Å². The van der Waals surface area contributed by atoms with Gasteiger partial charge in [-0.25, -0.2) is 0 Å². The molecule has 3 heterocycles. The standard InChI is InChI=1S/C28H25N3O4S2/c1-18-7-4-5-13-30(18)14-6-10-21-16-37-27-24(26(33)31(27)25(21)28(34)35)29-23(32)17-36-22-12-11-19-8-2-3-9-20(19)15-22/h2-13,15,24,27H,14,16-17H2,1H3,(H-,29,32,34,35)/b10-6+/t24-,27-/m1/s1. The first-order chi connectivity index (χ1) is 17.9. The summed E-state index contributed by atoms with van der Waals surface area (Å²) in [6.07, 6.45) is 5.57. The predicted molar refractivity (Wildman–Crippen MR) is 142 cm³/mol. The van der Waals surface area contributed by atoms with Gasteiger partial charge in [0.25, 0.3) is 5.91 Å². The number of carboxylic acids is 1. The first-order valence-corrected chi connectivity index (χ1v) is 13.9. The highest BCUT2D eigenvalue weighted by Gasteiger charge is 2.52. The molecule has 0 spiro atoms. The summed E-state index contributed by atoms with van der Waals surface area (Å²) >= 11 is 2.83. The molecule has 1 aromatic heterocycles. The number of pyridine rings is 1. The zero-order valence-electron chi connectivity index (χ0n) is 20.1. The average molecular weight is 532 g/mol. The predicted octanol–water partition coefficient (Wildman–Crippen LogP) is 2.19. The Balaban J connectivity index is 1.21. The van der Waals surface area contributed by atoms with Crippen molar-refractivity contribution in [1.82, 2.24) is 10.2 Å². The van der Waals surface area contributed by atoms with Gasteiger partial charge in [0.15, 0.2) is 18.4 Å². The summed E-state index contributed by atoms with van der Waals surface area (Å²) in [6.45, 7) is 2.57. The molecule has 0 unspecified atom stereocenters. The minimum Gasteiger partial charge on any atom is -0.543 e. The first kappa shape index (κ1) is 25.1. The molecule has 2 aromatic carbocycles. The van der Waals surface area contributed by atoms with Gasteiger partial charge in [0.1, 0.15) is 11.4 Å². The Bertz CT molecular complexity index is 1450. The number of amides is 2. The Morgan fingerprint density at radius 3 is 2.73 bits per heavy atom. The van der Waals surface area contributed by atoms with Crippen molar-refractivity contribution >= 4 is 52.1 Å². The topological polar surface area (TPSA) is 93.4 Å². The van der Waals surface area contributed by atoms with E-state index < -0.39 is 23.3 Å². The summed E-state index contributed by atoms with van der Waals surface area (Å²) in [5.74, 6) is -1.52. The molecule has 2 atom stereocenters. The minimum absolute atomic E-state index is 0.115. The van der Waals surface area contributed by atoms with Crippen LogP contribution in [0.2, 0.25) is 0 Å². The number of benzene rings is 2. The van der Waals surface area contributed by atoms with E-state index in [9.17, 15) is 19.5 Å². The van der Waals surface area contributed by atoms with Crippen molar-refractivity contribution in [2.75, 3.05) is 11.5 Å². The van der Waals surface area contributed by atoms with E-state index >= 15 is 0 Å². The van der Waals surface area contributed by atoms with E-state index in [4.69, 9.17) is 0 Å².